The fourth-order valence-corrected chi connectivity index (χ4v) is 7.13. The van der Waals surface area contributed by atoms with Crippen LogP contribution in [0.25, 0.3) is 0 Å². The average Bonchev–Trinajstić information content (AvgIpc) is 2.52. The fourth-order valence-electron chi connectivity index (χ4n) is 3.53. The summed E-state index contributed by atoms with van der Waals surface area (Å²) in [6.07, 6.45) is 4.60. The Morgan fingerprint density at radius 2 is 2.05 bits per heavy atom. The van der Waals surface area contributed by atoms with Crippen LogP contribution in [0, 0.1) is 0 Å². The Balaban J connectivity index is 2.01. The third-order valence-corrected chi connectivity index (χ3v) is 9.16. The third-order valence-electron chi connectivity index (χ3n) is 4.82. The summed E-state index contributed by atoms with van der Waals surface area (Å²) < 4.78 is 11.2. The molecule has 3 nitrogen and oxygen atoms in total. The highest BCUT2D eigenvalue weighted by Crippen LogP contribution is 2.37. The van der Waals surface area contributed by atoms with Crippen molar-refractivity contribution in [2.75, 3.05) is 13.2 Å². The SMILES string of the molecule is CC(=O)OCCC[C@H]1OCCC[C@@H]1[Si](C)(C)c1ccccc1. The van der Waals surface area contributed by atoms with E-state index in [4.69, 9.17) is 9.47 Å². The van der Waals surface area contributed by atoms with Crippen LogP contribution < -0.4 is 5.19 Å². The van der Waals surface area contributed by atoms with Gasteiger partial charge in [0.2, 0.25) is 0 Å². The van der Waals surface area contributed by atoms with Crippen molar-refractivity contribution in [2.24, 2.45) is 0 Å². The molecule has 1 aromatic carbocycles. The van der Waals surface area contributed by atoms with Crippen molar-refractivity contribution in [3.05, 3.63) is 30.3 Å². The number of hydrogen-bond acceptors (Lipinski definition) is 3. The van der Waals surface area contributed by atoms with Gasteiger partial charge in [0.1, 0.15) is 0 Å². The van der Waals surface area contributed by atoms with Crippen molar-refractivity contribution in [1.82, 2.24) is 0 Å². The molecule has 122 valence electrons. The van der Waals surface area contributed by atoms with Crippen LogP contribution in [0.15, 0.2) is 30.3 Å². The number of rotatable bonds is 6. The first-order valence-corrected chi connectivity index (χ1v) is 11.4. The van der Waals surface area contributed by atoms with E-state index < -0.39 is 8.07 Å². The Labute approximate surface area is 135 Å². The molecule has 0 bridgehead atoms. The van der Waals surface area contributed by atoms with Crippen molar-refractivity contribution in [1.29, 1.82) is 0 Å². The molecule has 1 aliphatic heterocycles. The molecule has 1 aromatic rings. The predicted molar refractivity (Wildman–Crippen MR) is 92.1 cm³/mol. The van der Waals surface area contributed by atoms with Gasteiger partial charge < -0.3 is 9.47 Å². The van der Waals surface area contributed by atoms with Crippen LogP contribution >= 0.6 is 0 Å². The average molecular weight is 321 g/mol. The molecule has 4 heteroatoms. The van der Waals surface area contributed by atoms with Gasteiger partial charge in [-0.05, 0) is 31.2 Å². The molecule has 1 saturated heterocycles. The van der Waals surface area contributed by atoms with E-state index in [2.05, 4.69) is 43.4 Å². The standard InChI is InChI=1S/C18H28O3Si/c1-15(19)20-13-7-11-17-18(12-8-14-21-17)22(2,3)16-9-5-4-6-10-16/h4-6,9-10,17-18H,7-8,11-14H2,1-3H3/t17-,18+/m1/s1. The van der Waals surface area contributed by atoms with Gasteiger partial charge >= 0.3 is 5.97 Å². The quantitative estimate of drug-likeness (QED) is 0.457. The summed E-state index contributed by atoms with van der Waals surface area (Å²) in [6.45, 7) is 7.76. The van der Waals surface area contributed by atoms with Gasteiger partial charge in [0.25, 0.3) is 0 Å². The van der Waals surface area contributed by atoms with Crippen molar-refractivity contribution in [3.8, 4) is 0 Å². The lowest BCUT2D eigenvalue weighted by Crippen LogP contribution is -2.51. The summed E-state index contributed by atoms with van der Waals surface area (Å²) in [5.74, 6) is -0.194. The van der Waals surface area contributed by atoms with E-state index >= 15 is 0 Å². The third kappa shape index (κ3) is 4.43. The number of ether oxygens (including phenoxy) is 2. The van der Waals surface area contributed by atoms with Gasteiger partial charge in [0, 0.05) is 13.5 Å². The van der Waals surface area contributed by atoms with Gasteiger partial charge in [-0.25, -0.2) is 0 Å². The second-order valence-electron chi connectivity index (χ2n) is 6.73. The van der Waals surface area contributed by atoms with Crippen LogP contribution in [0.5, 0.6) is 0 Å². The van der Waals surface area contributed by atoms with E-state index in [-0.39, 0.29) is 5.97 Å². The second kappa shape index (κ2) is 7.93. The fraction of sp³-hybridized carbons (Fsp3) is 0.611. The summed E-state index contributed by atoms with van der Waals surface area (Å²) in [6, 6.07) is 10.9. The molecule has 2 rings (SSSR count). The number of carbonyl (C=O) groups excluding carboxylic acids is 1. The molecule has 1 heterocycles. The Bertz CT molecular complexity index is 472. The minimum atomic E-state index is -1.56. The maximum absolute atomic E-state index is 10.9. The van der Waals surface area contributed by atoms with Crippen LogP contribution in [0.1, 0.15) is 32.6 Å². The Kier molecular flexibility index (Phi) is 6.21. The summed E-state index contributed by atoms with van der Waals surface area (Å²) in [7, 11) is -1.56. The molecule has 0 radical (unpaired) electrons. The molecular weight excluding hydrogens is 292 g/mol. The highest BCUT2D eigenvalue weighted by molar-refractivity contribution is 6.91. The molecule has 1 aliphatic rings. The molecule has 0 aliphatic carbocycles. The van der Waals surface area contributed by atoms with E-state index in [0.29, 0.717) is 18.3 Å². The van der Waals surface area contributed by atoms with Crippen molar-refractivity contribution in [3.63, 3.8) is 0 Å². The number of hydrogen-bond donors (Lipinski definition) is 0. The first-order chi connectivity index (χ1) is 10.5. The zero-order valence-electron chi connectivity index (χ0n) is 14.0. The Morgan fingerprint density at radius 3 is 2.73 bits per heavy atom. The lowest BCUT2D eigenvalue weighted by molar-refractivity contribution is -0.141. The summed E-state index contributed by atoms with van der Waals surface area (Å²) >= 11 is 0. The molecule has 0 unspecified atom stereocenters. The van der Waals surface area contributed by atoms with Gasteiger partial charge in [-0.2, -0.15) is 0 Å². The van der Waals surface area contributed by atoms with Crippen LogP contribution in [-0.4, -0.2) is 33.4 Å². The van der Waals surface area contributed by atoms with E-state index in [1.807, 2.05) is 0 Å². The molecular formula is C18H28O3Si. The summed E-state index contributed by atoms with van der Waals surface area (Å²) in [5.41, 5.74) is 0.640. The van der Waals surface area contributed by atoms with Gasteiger partial charge in [-0.1, -0.05) is 48.6 Å². The zero-order valence-corrected chi connectivity index (χ0v) is 15.0. The summed E-state index contributed by atoms with van der Waals surface area (Å²) in [5, 5.41) is 1.51. The largest absolute Gasteiger partial charge is 0.466 e. The zero-order chi connectivity index (χ0) is 16.0. The van der Waals surface area contributed by atoms with E-state index in [0.717, 1.165) is 25.9 Å². The van der Waals surface area contributed by atoms with Crippen LogP contribution in [-0.2, 0) is 14.3 Å². The maximum Gasteiger partial charge on any atom is 0.302 e. The summed E-state index contributed by atoms with van der Waals surface area (Å²) in [4.78, 5) is 10.9. The smallest absolute Gasteiger partial charge is 0.302 e. The molecule has 1 fully saturated rings. The number of benzene rings is 1. The molecule has 0 amide bonds. The first kappa shape index (κ1) is 17.2. The van der Waals surface area contributed by atoms with E-state index in [1.54, 1.807) is 0 Å². The number of carbonyl (C=O) groups is 1. The van der Waals surface area contributed by atoms with Crippen molar-refractivity contribution >= 4 is 19.2 Å². The topological polar surface area (TPSA) is 35.5 Å². The Morgan fingerprint density at radius 1 is 1.32 bits per heavy atom. The van der Waals surface area contributed by atoms with Gasteiger partial charge in [-0.15, -0.1) is 0 Å². The van der Waals surface area contributed by atoms with E-state index in [1.165, 1.54) is 18.5 Å². The molecule has 0 spiro atoms. The first-order valence-electron chi connectivity index (χ1n) is 8.32. The van der Waals surface area contributed by atoms with Crippen molar-refractivity contribution in [2.45, 2.75) is 57.3 Å². The second-order valence-corrected chi connectivity index (χ2v) is 11.5. The highest BCUT2D eigenvalue weighted by atomic mass is 28.3. The number of esters is 1. The van der Waals surface area contributed by atoms with Gasteiger partial charge in [0.05, 0.1) is 20.8 Å². The van der Waals surface area contributed by atoms with Crippen molar-refractivity contribution < 1.29 is 14.3 Å². The van der Waals surface area contributed by atoms with Crippen LogP contribution in [0.4, 0.5) is 0 Å². The normalized spacial score (nSPS) is 22.3. The predicted octanol–water partition coefficient (Wildman–Crippen LogP) is 3.49. The minimum absolute atomic E-state index is 0.194. The van der Waals surface area contributed by atoms with E-state index in [9.17, 15) is 4.79 Å². The van der Waals surface area contributed by atoms with Crippen LogP contribution in [0.2, 0.25) is 18.6 Å². The maximum atomic E-state index is 10.9. The molecule has 22 heavy (non-hydrogen) atoms. The minimum Gasteiger partial charge on any atom is -0.466 e. The molecule has 2 atom stereocenters. The van der Waals surface area contributed by atoms with Crippen LogP contribution in [0.3, 0.4) is 0 Å². The molecule has 0 N–H and O–H groups in total. The Hall–Kier alpha value is -1.13. The monoisotopic (exact) mass is 320 g/mol. The lowest BCUT2D eigenvalue weighted by atomic mass is 10.0. The van der Waals surface area contributed by atoms with Gasteiger partial charge in [0.15, 0.2) is 0 Å². The lowest BCUT2D eigenvalue weighted by Gasteiger charge is -2.41. The highest BCUT2D eigenvalue weighted by Gasteiger charge is 2.40. The van der Waals surface area contributed by atoms with Gasteiger partial charge in [-0.3, -0.25) is 4.79 Å². The molecule has 0 saturated carbocycles. The molecule has 0 aromatic heterocycles.